The summed E-state index contributed by atoms with van der Waals surface area (Å²) in [6.07, 6.45) is 0.717. The number of hydrogen-bond donors (Lipinski definition) is 0. The van der Waals surface area contributed by atoms with E-state index in [1.165, 1.54) is 5.56 Å². The minimum Gasteiger partial charge on any atom is -0.497 e. The van der Waals surface area contributed by atoms with Crippen molar-refractivity contribution in [3.63, 3.8) is 0 Å². The van der Waals surface area contributed by atoms with Gasteiger partial charge in [0.05, 0.1) is 18.9 Å². The van der Waals surface area contributed by atoms with Crippen molar-refractivity contribution in [3.8, 4) is 5.75 Å². The van der Waals surface area contributed by atoms with E-state index in [0.717, 1.165) is 29.0 Å². The minimum atomic E-state index is -0.0605. The van der Waals surface area contributed by atoms with Crippen molar-refractivity contribution in [3.05, 3.63) is 65.2 Å². The Kier molecular flexibility index (Phi) is 4.15. The number of rotatable bonds is 3. The van der Waals surface area contributed by atoms with Gasteiger partial charge in [-0.05, 0) is 30.2 Å². The Morgan fingerprint density at radius 3 is 2.35 bits per heavy atom. The van der Waals surface area contributed by atoms with E-state index in [1.54, 1.807) is 19.0 Å². The van der Waals surface area contributed by atoms with Gasteiger partial charge in [-0.2, -0.15) is 5.10 Å². The average Bonchev–Trinajstić information content (AvgIpc) is 3.01. The van der Waals surface area contributed by atoms with Crippen molar-refractivity contribution in [2.45, 2.75) is 26.3 Å². The summed E-state index contributed by atoms with van der Waals surface area (Å²) < 4.78 is 5.20. The smallest absolute Gasteiger partial charge is 0.240 e. The molecule has 4 nitrogen and oxygen atoms in total. The van der Waals surface area contributed by atoms with E-state index >= 15 is 0 Å². The van der Waals surface area contributed by atoms with Gasteiger partial charge in [0.15, 0.2) is 0 Å². The molecular formula is C19H20N2O2. The molecule has 0 N–H and O–H groups in total. The van der Waals surface area contributed by atoms with Crippen molar-refractivity contribution in [2.75, 3.05) is 7.11 Å². The molecule has 1 aliphatic rings. The fourth-order valence-corrected chi connectivity index (χ4v) is 2.81. The van der Waals surface area contributed by atoms with Gasteiger partial charge in [0, 0.05) is 13.3 Å². The highest BCUT2D eigenvalue weighted by Crippen LogP contribution is 2.33. The van der Waals surface area contributed by atoms with Crippen LogP contribution in [0.4, 0.5) is 0 Å². The third-order valence-electron chi connectivity index (χ3n) is 4.12. The van der Waals surface area contributed by atoms with Gasteiger partial charge >= 0.3 is 0 Å². The van der Waals surface area contributed by atoms with Crippen molar-refractivity contribution >= 4 is 11.6 Å². The van der Waals surface area contributed by atoms with Gasteiger partial charge in [0.1, 0.15) is 5.75 Å². The molecule has 1 atom stereocenters. The zero-order chi connectivity index (χ0) is 16.4. The second-order valence-electron chi connectivity index (χ2n) is 5.77. The summed E-state index contributed by atoms with van der Waals surface area (Å²) in [7, 11) is 1.64. The van der Waals surface area contributed by atoms with Crippen LogP contribution in [0.5, 0.6) is 5.75 Å². The third-order valence-corrected chi connectivity index (χ3v) is 4.12. The first kappa shape index (κ1) is 15.3. The molecule has 118 valence electrons. The molecule has 0 unspecified atom stereocenters. The van der Waals surface area contributed by atoms with Crippen LogP contribution in [0.3, 0.4) is 0 Å². The van der Waals surface area contributed by atoms with Crippen LogP contribution in [-0.4, -0.2) is 23.7 Å². The van der Waals surface area contributed by atoms with Crippen molar-refractivity contribution in [1.29, 1.82) is 0 Å². The molecule has 0 fully saturated rings. The zero-order valence-electron chi connectivity index (χ0n) is 13.6. The molecule has 0 bridgehead atoms. The van der Waals surface area contributed by atoms with E-state index in [-0.39, 0.29) is 11.9 Å². The fourth-order valence-electron chi connectivity index (χ4n) is 2.81. The third kappa shape index (κ3) is 3.11. The molecule has 1 aliphatic heterocycles. The Morgan fingerprint density at radius 1 is 1.13 bits per heavy atom. The molecular weight excluding hydrogens is 288 g/mol. The number of hydrazone groups is 1. The highest BCUT2D eigenvalue weighted by Gasteiger charge is 2.31. The predicted octanol–water partition coefficient (Wildman–Crippen LogP) is 3.70. The van der Waals surface area contributed by atoms with E-state index in [4.69, 9.17) is 4.74 Å². The number of aryl methyl sites for hydroxylation is 1. The van der Waals surface area contributed by atoms with Crippen LogP contribution in [0.25, 0.3) is 0 Å². The van der Waals surface area contributed by atoms with Crippen LogP contribution in [0.1, 0.15) is 36.1 Å². The lowest BCUT2D eigenvalue weighted by Crippen LogP contribution is -2.24. The van der Waals surface area contributed by atoms with Gasteiger partial charge in [-0.1, -0.05) is 42.0 Å². The van der Waals surface area contributed by atoms with E-state index in [9.17, 15) is 4.79 Å². The molecule has 0 aromatic heterocycles. The molecule has 3 rings (SSSR count). The number of methoxy groups -OCH3 is 1. The summed E-state index contributed by atoms with van der Waals surface area (Å²) in [6.45, 7) is 3.61. The van der Waals surface area contributed by atoms with Gasteiger partial charge in [0.25, 0.3) is 0 Å². The molecule has 1 amide bonds. The molecule has 2 aromatic carbocycles. The molecule has 23 heavy (non-hydrogen) atoms. The lowest BCUT2D eigenvalue weighted by Gasteiger charge is -2.20. The summed E-state index contributed by atoms with van der Waals surface area (Å²) in [4.78, 5) is 12.0. The van der Waals surface area contributed by atoms with Gasteiger partial charge in [0.2, 0.25) is 5.91 Å². The molecule has 2 aromatic rings. The number of amides is 1. The van der Waals surface area contributed by atoms with Gasteiger partial charge in [-0.3, -0.25) is 4.79 Å². The summed E-state index contributed by atoms with van der Waals surface area (Å²) >= 11 is 0. The molecule has 0 saturated heterocycles. The first-order chi connectivity index (χ1) is 11.1. The standard InChI is InChI=1S/C19H20N2O2/c1-13-4-6-15(7-5-13)18-12-19(21(20-18)14(2)22)16-8-10-17(23-3)11-9-16/h4-11,19H,12H2,1-3H3/t19-/m0/s1. The van der Waals surface area contributed by atoms with Crippen LogP contribution in [0.15, 0.2) is 53.6 Å². The van der Waals surface area contributed by atoms with Crippen LogP contribution in [-0.2, 0) is 4.79 Å². The Labute approximate surface area is 136 Å². The topological polar surface area (TPSA) is 41.9 Å². The average molecular weight is 308 g/mol. The van der Waals surface area contributed by atoms with Gasteiger partial charge in [-0.15, -0.1) is 0 Å². The highest BCUT2D eigenvalue weighted by molar-refractivity contribution is 6.03. The number of carbonyl (C=O) groups excluding carboxylic acids is 1. The lowest BCUT2D eigenvalue weighted by atomic mass is 9.98. The number of nitrogens with zero attached hydrogens (tertiary/aromatic N) is 2. The number of carbonyl (C=O) groups is 1. The summed E-state index contributed by atoms with van der Waals surface area (Å²) in [5, 5.41) is 6.14. The van der Waals surface area contributed by atoms with Crippen LogP contribution in [0, 0.1) is 6.92 Å². The van der Waals surface area contributed by atoms with E-state index in [2.05, 4.69) is 36.3 Å². The first-order valence-electron chi connectivity index (χ1n) is 7.67. The van der Waals surface area contributed by atoms with Crippen molar-refractivity contribution in [1.82, 2.24) is 5.01 Å². The Bertz CT molecular complexity index is 733. The van der Waals surface area contributed by atoms with Gasteiger partial charge in [-0.25, -0.2) is 5.01 Å². The van der Waals surface area contributed by atoms with E-state index < -0.39 is 0 Å². The maximum Gasteiger partial charge on any atom is 0.240 e. The second kappa shape index (κ2) is 6.24. The second-order valence-corrected chi connectivity index (χ2v) is 5.77. The Morgan fingerprint density at radius 2 is 1.78 bits per heavy atom. The van der Waals surface area contributed by atoms with Crippen LogP contribution in [0.2, 0.25) is 0 Å². The SMILES string of the molecule is COc1ccc([C@@H]2CC(c3ccc(C)cc3)=NN2C(C)=O)cc1. The highest BCUT2D eigenvalue weighted by atomic mass is 16.5. The van der Waals surface area contributed by atoms with Crippen molar-refractivity contribution < 1.29 is 9.53 Å². The Balaban J connectivity index is 1.90. The fraction of sp³-hybridized carbons (Fsp3) is 0.263. The quantitative estimate of drug-likeness (QED) is 0.867. The maximum atomic E-state index is 12.0. The summed E-state index contributed by atoms with van der Waals surface area (Å²) in [5.74, 6) is 0.758. The van der Waals surface area contributed by atoms with Crippen LogP contribution >= 0.6 is 0 Å². The molecule has 0 saturated carbocycles. The van der Waals surface area contributed by atoms with Gasteiger partial charge < -0.3 is 4.74 Å². The monoisotopic (exact) mass is 308 g/mol. The molecule has 4 heteroatoms. The minimum absolute atomic E-state index is 0.0482. The molecule has 0 aliphatic carbocycles. The molecule has 0 spiro atoms. The summed E-state index contributed by atoms with van der Waals surface area (Å²) in [6, 6.07) is 16.0. The van der Waals surface area contributed by atoms with E-state index in [1.807, 2.05) is 24.3 Å². The number of benzene rings is 2. The van der Waals surface area contributed by atoms with E-state index in [0.29, 0.717) is 0 Å². The predicted molar refractivity (Wildman–Crippen MR) is 90.6 cm³/mol. The number of hydrogen-bond acceptors (Lipinski definition) is 3. The molecule has 1 heterocycles. The Hall–Kier alpha value is -2.62. The largest absolute Gasteiger partial charge is 0.497 e. The van der Waals surface area contributed by atoms with Crippen molar-refractivity contribution in [2.24, 2.45) is 5.10 Å². The zero-order valence-corrected chi connectivity index (χ0v) is 13.6. The maximum absolute atomic E-state index is 12.0. The van der Waals surface area contributed by atoms with Crippen LogP contribution < -0.4 is 4.74 Å². The number of ether oxygens (including phenoxy) is 1. The normalized spacial score (nSPS) is 17.1. The first-order valence-corrected chi connectivity index (χ1v) is 7.67. The molecule has 0 radical (unpaired) electrons. The summed E-state index contributed by atoms with van der Waals surface area (Å²) in [5.41, 5.74) is 4.29. The lowest BCUT2D eigenvalue weighted by molar-refractivity contribution is -0.130.